The van der Waals surface area contributed by atoms with E-state index in [0.29, 0.717) is 6.04 Å². The van der Waals surface area contributed by atoms with Gasteiger partial charge in [0.15, 0.2) is 0 Å². The van der Waals surface area contributed by atoms with E-state index in [0.717, 1.165) is 30.7 Å². The van der Waals surface area contributed by atoms with Crippen LogP contribution in [0.5, 0.6) is 0 Å². The molecule has 1 heterocycles. The number of halogens is 1. The van der Waals surface area contributed by atoms with Gasteiger partial charge in [0.05, 0.1) is 5.69 Å². The third-order valence-corrected chi connectivity index (χ3v) is 5.00. The van der Waals surface area contributed by atoms with E-state index in [1.807, 2.05) is 6.92 Å². The molecule has 0 spiro atoms. The third-order valence-electron chi connectivity index (χ3n) is 4.37. The summed E-state index contributed by atoms with van der Waals surface area (Å²) >= 11 is 3.70. The van der Waals surface area contributed by atoms with Gasteiger partial charge in [-0.3, -0.25) is 4.90 Å². The highest BCUT2D eigenvalue weighted by molar-refractivity contribution is 9.10. The van der Waals surface area contributed by atoms with Crippen LogP contribution in [-0.2, 0) is 0 Å². The lowest BCUT2D eigenvalue weighted by molar-refractivity contribution is 0.193. The summed E-state index contributed by atoms with van der Waals surface area (Å²) in [6, 6.07) is 7.28. The number of benzene rings is 1. The van der Waals surface area contributed by atoms with E-state index >= 15 is 0 Å². The molecule has 0 amide bonds. The van der Waals surface area contributed by atoms with Crippen LogP contribution in [0.1, 0.15) is 38.8 Å². The second-order valence-corrected chi connectivity index (χ2v) is 6.63. The first-order chi connectivity index (χ1) is 9.52. The number of anilines is 1. The molecule has 112 valence electrons. The quantitative estimate of drug-likeness (QED) is 0.912. The fourth-order valence-electron chi connectivity index (χ4n) is 2.72. The van der Waals surface area contributed by atoms with Crippen LogP contribution in [0.3, 0.4) is 0 Å². The first kappa shape index (κ1) is 15.8. The molecule has 0 aromatic heterocycles. The van der Waals surface area contributed by atoms with Crippen molar-refractivity contribution in [2.75, 3.05) is 31.1 Å². The van der Waals surface area contributed by atoms with Gasteiger partial charge in [0, 0.05) is 42.7 Å². The van der Waals surface area contributed by atoms with Crippen LogP contribution in [-0.4, -0.2) is 37.1 Å². The summed E-state index contributed by atoms with van der Waals surface area (Å²) in [6.07, 6.45) is 1.23. The van der Waals surface area contributed by atoms with E-state index < -0.39 is 0 Å². The van der Waals surface area contributed by atoms with Crippen LogP contribution in [0.15, 0.2) is 22.7 Å². The zero-order valence-electron chi connectivity index (χ0n) is 12.8. The summed E-state index contributed by atoms with van der Waals surface area (Å²) in [6.45, 7) is 11.1. The maximum atomic E-state index is 5.94. The molecule has 1 saturated heterocycles. The van der Waals surface area contributed by atoms with Crippen molar-refractivity contribution < 1.29 is 0 Å². The highest BCUT2D eigenvalue weighted by Gasteiger charge is 2.21. The molecule has 1 aliphatic heterocycles. The summed E-state index contributed by atoms with van der Waals surface area (Å²) < 4.78 is 1.16. The first-order valence-corrected chi connectivity index (χ1v) is 8.36. The third kappa shape index (κ3) is 3.54. The van der Waals surface area contributed by atoms with Gasteiger partial charge in [0.2, 0.25) is 0 Å². The molecule has 20 heavy (non-hydrogen) atoms. The van der Waals surface area contributed by atoms with E-state index in [1.165, 1.54) is 17.7 Å². The highest BCUT2D eigenvalue weighted by atomic mass is 79.9. The highest BCUT2D eigenvalue weighted by Crippen LogP contribution is 2.30. The molecular formula is C16H26BrN3. The Balaban J connectivity index is 2.04. The van der Waals surface area contributed by atoms with Crippen LogP contribution < -0.4 is 10.6 Å². The smallest absolute Gasteiger partial charge is 0.0511 e. The number of rotatable bonds is 4. The predicted octanol–water partition coefficient (Wildman–Crippen LogP) is 3.39. The fraction of sp³-hybridized carbons (Fsp3) is 0.625. The van der Waals surface area contributed by atoms with Gasteiger partial charge in [-0.25, -0.2) is 0 Å². The van der Waals surface area contributed by atoms with Gasteiger partial charge in [0.25, 0.3) is 0 Å². The Labute approximate surface area is 131 Å². The molecule has 1 aromatic carbocycles. The number of nitrogens with two attached hydrogens (primary N) is 1. The van der Waals surface area contributed by atoms with Crippen molar-refractivity contribution in [3.63, 3.8) is 0 Å². The van der Waals surface area contributed by atoms with Crippen molar-refractivity contribution in [3.8, 4) is 0 Å². The minimum atomic E-state index is 0.0857. The first-order valence-electron chi connectivity index (χ1n) is 7.57. The molecule has 1 aliphatic rings. The van der Waals surface area contributed by atoms with Crippen molar-refractivity contribution in [1.29, 1.82) is 0 Å². The Morgan fingerprint density at radius 1 is 1.20 bits per heavy atom. The van der Waals surface area contributed by atoms with Crippen LogP contribution in [0, 0.1) is 0 Å². The molecule has 2 N–H and O–H groups in total. The van der Waals surface area contributed by atoms with E-state index in [-0.39, 0.29) is 6.04 Å². The summed E-state index contributed by atoms with van der Waals surface area (Å²) in [4.78, 5) is 5.05. The molecule has 4 heteroatoms. The van der Waals surface area contributed by atoms with Crippen molar-refractivity contribution in [2.24, 2.45) is 5.73 Å². The lowest BCUT2D eigenvalue weighted by atomic mass is 10.1. The number of hydrogen-bond donors (Lipinski definition) is 1. The zero-order chi connectivity index (χ0) is 14.7. The van der Waals surface area contributed by atoms with Gasteiger partial charge in [-0.2, -0.15) is 0 Å². The average Bonchev–Trinajstić information content (AvgIpc) is 2.46. The lowest BCUT2D eigenvalue weighted by Crippen LogP contribution is -2.49. The second-order valence-electron chi connectivity index (χ2n) is 5.78. The number of piperazine rings is 1. The molecule has 0 aliphatic carbocycles. The van der Waals surface area contributed by atoms with Gasteiger partial charge >= 0.3 is 0 Å². The van der Waals surface area contributed by atoms with Crippen molar-refractivity contribution in [3.05, 3.63) is 28.2 Å². The molecule has 0 saturated carbocycles. The van der Waals surface area contributed by atoms with Crippen LogP contribution in [0.25, 0.3) is 0 Å². The Hall–Kier alpha value is -0.580. The van der Waals surface area contributed by atoms with Crippen molar-refractivity contribution in [1.82, 2.24) is 4.90 Å². The maximum Gasteiger partial charge on any atom is 0.0511 e. The van der Waals surface area contributed by atoms with Crippen LogP contribution >= 0.6 is 15.9 Å². The van der Waals surface area contributed by atoms with Gasteiger partial charge in [-0.05, 0) is 53.9 Å². The Bertz CT molecular complexity index is 439. The summed E-state index contributed by atoms with van der Waals surface area (Å²) in [5.41, 5.74) is 8.41. The monoisotopic (exact) mass is 339 g/mol. The molecular weight excluding hydrogens is 314 g/mol. The van der Waals surface area contributed by atoms with Gasteiger partial charge in [-0.1, -0.05) is 13.0 Å². The van der Waals surface area contributed by atoms with Crippen molar-refractivity contribution in [2.45, 2.75) is 39.3 Å². The normalized spacial score (nSPS) is 19.9. The fourth-order valence-corrected chi connectivity index (χ4v) is 3.37. The molecule has 3 nitrogen and oxygen atoms in total. The predicted molar refractivity (Wildman–Crippen MR) is 90.3 cm³/mol. The van der Waals surface area contributed by atoms with Crippen molar-refractivity contribution >= 4 is 21.6 Å². The van der Waals surface area contributed by atoms with E-state index in [2.05, 4.69) is 57.8 Å². The molecule has 0 radical (unpaired) electrons. The van der Waals surface area contributed by atoms with E-state index in [4.69, 9.17) is 5.73 Å². The SMILES string of the molecule is CCC(C)N1CCN(c2ccc(C(C)N)cc2Br)CC1. The minimum absolute atomic E-state index is 0.0857. The van der Waals surface area contributed by atoms with Crippen LogP contribution in [0.2, 0.25) is 0 Å². The zero-order valence-corrected chi connectivity index (χ0v) is 14.4. The molecule has 2 rings (SSSR count). The Morgan fingerprint density at radius 3 is 2.35 bits per heavy atom. The number of nitrogens with zero attached hydrogens (tertiary/aromatic N) is 2. The summed E-state index contributed by atoms with van der Waals surface area (Å²) in [7, 11) is 0. The molecule has 0 bridgehead atoms. The lowest BCUT2D eigenvalue weighted by Gasteiger charge is -2.39. The molecule has 1 fully saturated rings. The molecule has 1 aromatic rings. The Morgan fingerprint density at radius 2 is 1.85 bits per heavy atom. The molecule has 2 unspecified atom stereocenters. The largest absolute Gasteiger partial charge is 0.368 e. The number of hydrogen-bond acceptors (Lipinski definition) is 3. The summed E-state index contributed by atoms with van der Waals surface area (Å²) in [5.74, 6) is 0. The topological polar surface area (TPSA) is 32.5 Å². The van der Waals surface area contributed by atoms with E-state index in [9.17, 15) is 0 Å². The van der Waals surface area contributed by atoms with Gasteiger partial charge < -0.3 is 10.6 Å². The molecule has 2 atom stereocenters. The average molecular weight is 340 g/mol. The maximum absolute atomic E-state index is 5.94. The summed E-state index contributed by atoms with van der Waals surface area (Å²) in [5, 5.41) is 0. The Kier molecular flexibility index (Phi) is 5.47. The van der Waals surface area contributed by atoms with Gasteiger partial charge in [0.1, 0.15) is 0 Å². The minimum Gasteiger partial charge on any atom is -0.368 e. The van der Waals surface area contributed by atoms with Crippen LogP contribution in [0.4, 0.5) is 5.69 Å². The van der Waals surface area contributed by atoms with E-state index in [1.54, 1.807) is 0 Å². The second kappa shape index (κ2) is 6.92. The standard InChI is InChI=1S/C16H26BrN3/c1-4-12(2)19-7-9-20(10-8-19)16-6-5-14(13(3)18)11-15(16)17/h5-6,11-13H,4,7-10,18H2,1-3H3. The van der Waals surface area contributed by atoms with Gasteiger partial charge in [-0.15, -0.1) is 0 Å².